The first-order valence-electron chi connectivity index (χ1n) is 11.4. The Kier molecular flexibility index (Phi) is 8.58. The molecule has 0 saturated heterocycles. The summed E-state index contributed by atoms with van der Waals surface area (Å²) in [6, 6.07) is 21.7. The second kappa shape index (κ2) is 12.2. The number of nitrogens with one attached hydrogen (secondary N) is 2. The molecular formula is C28H21Cl2N3O5. The standard InChI is InChI=1S/C28H21Cl2N3O5/c1-2-37-20-11-9-19(10-12-20)32-26(34)27(35)33-31-16-23-21-6-4-3-5-17(21)7-14-25(23)38-28(36)22-13-8-18(29)15-24(22)30/h3-16H,2H2,1H3,(H,32,34)(H,33,35)/b31-16-. The molecule has 0 aliphatic heterocycles. The van der Waals surface area contributed by atoms with Gasteiger partial charge in [-0.1, -0.05) is 53.5 Å². The Morgan fingerprint density at radius 3 is 2.42 bits per heavy atom. The summed E-state index contributed by atoms with van der Waals surface area (Å²) in [6.45, 7) is 2.37. The number of amides is 2. The van der Waals surface area contributed by atoms with Crippen LogP contribution in [-0.2, 0) is 9.59 Å². The summed E-state index contributed by atoms with van der Waals surface area (Å²) in [5.41, 5.74) is 3.15. The van der Waals surface area contributed by atoms with E-state index in [9.17, 15) is 14.4 Å². The van der Waals surface area contributed by atoms with Gasteiger partial charge in [0.1, 0.15) is 11.5 Å². The van der Waals surface area contributed by atoms with Gasteiger partial charge in [-0.2, -0.15) is 5.10 Å². The van der Waals surface area contributed by atoms with Crippen molar-refractivity contribution in [3.05, 3.63) is 100 Å². The SMILES string of the molecule is CCOc1ccc(NC(=O)C(=O)N/N=C\c2c(OC(=O)c3ccc(Cl)cc3Cl)ccc3ccccc23)cc1. The molecule has 8 nitrogen and oxygen atoms in total. The fourth-order valence-electron chi connectivity index (χ4n) is 3.50. The molecule has 2 amide bonds. The van der Waals surface area contributed by atoms with Crippen LogP contribution in [0.4, 0.5) is 5.69 Å². The number of fused-ring (bicyclic) bond motifs is 1. The van der Waals surface area contributed by atoms with Crippen molar-refractivity contribution >= 4 is 63.7 Å². The summed E-state index contributed by atoms with van der Waals surface area (Å²) >= 11 is 12.1. The molecular weight excluding hydrogens is 529 g/mol. The number of halogens is 2. The van der Waals surface area contributed by atoms with Gasteiger partial charge in [0, 0.05) is 16.3 Å². The smallest absolute Gasteiger partial charge is 0.345 e. The van der Waals surface area contributed by atoms with Gasteiger partial charge in [-0.25, -0.2) is 10.2 Å². The van der Waals surface area contributed by atoms with E-state index in [1.165, 1.54) is 24.4 Å². The molecule has 38 heavy (non-hydrogen) atoms. The van der Waals surface area contributed by atoms with Crippen molar-refractivity contribution < 1.29 is 23.9 Å². The molecule has 4 aromatic carbocycles. The molecule has 0 fully saturated rings. The largest absolute Gasteiger partial charge is 0.494 e. The van der Waals surface area contributed by atoms with E-state index in [1.807, 2.05) is 31.2 Å². The van der Waals surface area contributed by atoms with Crippen LogP contribution >= 0.6 is 23.2 Å². The zero-order valence-corrected chi connectivity index (χ0v) is 21.5. The Morgan fingerprint density at radius 1 is 0.921 bits per heavy atom. The monoisotopic (exact) mass is 549 g/mol. The number of esters is 1. The van der Waals surface area contributed by atoms with Gasteiger partial charge in [0.25, 0.3) is 0 Å². The van der Waals surface area contributed by atoms with E-state index >= 15 is 0 Å². The van der Waals surface area contributed by atoms with Gasteiger partial charge < -0.3 is 14.8 Å². The maximum absolute atomic E-state index is 12.8. The third-order valence-corrected chi connectivity index (χ3v) is 5.82. The van der Waals surface area contributed by atoms with Gasteiger partial charge in [-0.15, -0.1) is 0 Å². The van der Waals surface area contributed by atoms with E-state index < -0.39 is 17.8 Å². The Hall–Kier alpha value is -4.40. The molecule has 0 atom stereocenters. The quantitative estimate of drug-likeness (QED) is 0.0987. The molecule has 0 heterocycles. The third-order valence-electron chi connectivity index (χ3n) is 5.27. The van der Waals surface area contributed by atoms with E-state index in [4.69, 9.17) is 32.7 Å². The summed E-state index contributed by atoms with van der Waals surface area (Å²) in [5.74, 6) is -1.77. The number of hydrazone groups is 1. The van der Waals surface area contributed by atoms with E-state index in [1.54, 1.807) is 36.4 Å². The number of nitrogens with zero attached hydrogens (tertiary/aromatic N) is 1. The molecule has 0 saturated carbocycles. The van der Waals surface area contributed by atoms with Crippen molar-refractivity contribution in [3.63, 3.8) is 0 Å². The van der Waals surface area contributed by atoms with Crippen LogP contribution in [0.3, 0.4) is 0 Å². The van der Waals surface area contributed by atoms with Crippen LogP contribution in [0.1, 0.15) is 22.8 Å². The molecule has 0 aliphatic carbocycles. The number of ether oxygens (including phenoxy) is 2. The number of anilines is 1. The lowest BCUT2D eigenvalue weighted by atomic mass is 10.0. The van der Waals surface area contributed by atoms with Gasteiger partial charge in [-0.3, -0.25) is 9.59 Å². The lowest BCUT2D eigenvalue weighted by molar-refractivity contribution is -0.136. The summed E-state index contributed by atoms with van der Waals surface area (Å²) in [7, 11) is 0. The van der Waals surface area contributed by atoms with Gasteiger partial charge in [-0.05, 0) is 66.2 Å². The Labute approximate surface area is 228 Å². The summed E-state index contributed by atoms with van der Waals surface area (Å²) in [6.07, 6.45) is 1.30. The normalized spacial score (nSPS) is 10.8. The second-order valence-electron chi connectivity index (χ2n) is 7.82. The zero-order valence-electron chi connectivity index (χ0n) is 20.0. The predicted octanol–water partition coefficient (Wildman–Crippen LogP) is 5.85. The van der Waals surface area contributed by atoms with E-state index in [0.717, 1.165) is 5.39 Å². The van der Waals surface area contributed by atoms with Crippen LogP contribution in [0, 0.1) is 0 Å². The van der Waals surface area contributed by atoms with Gasteiger partial charge >= 0.3 is 17.8 Å². The maximum Gasteiger partial charge on any atom is 0.345 e. The highest BCUT2D eigenvalue weighted by molar-refractivity contribution is 6.39. The number of hydrogen-bond donors (Lipinski definition) is 2. The van der Waals surface area contributed by atoms with Crippen molar-refractivity contribution in [2.45, 2.75) is 6.92 Å². The lowest BCUT2D eigenvalue weighted by Gasteiger charge is -2.11. The zero-order chi connectivity index (χ0) is 27.1. The van der Waals surface area contributed by atoms with Crippen LogP contribution in [-0.4, -0.2) is 30.6 Å². The van der Waals surface area contributed by atoms with Crippen LogP contribution in [0.15, 0.2) is 84.0 Å². The predicted molar refractivity (Wildman–Crippen MR) is 147 cm³/mol. The van der Waals surface area contributed by atoms with E-state index in [-0.39, 0.29) is 16.3 Å². The Morgan fingerprint density at radius 2 is 1.68 bits per heavy atom. The number of hydrogen-bond acceptors (Lipinski definition) is 6. The fraction of sp³-hybridized carbons (Fsp3) is 0.0714. The van der Waals surface area contributed by atoms with Gasteiger partial charge in [0.2, 0.25) is 0 Å². The van der Waals surface area contributed by atoms with E-state index in [0.29, 0.717) is 34.0 Å². The molecule has 4 aromatic rings. The first-order valence-corrected chi connectivity index (χ1v) is 12.2. The fourth-order valence-corrected chi connectivity index (χ4v) is 3.99. The molecule has 0 bridgehead atoms. The molecule has 0 aliphatic rings. The lowest BCUT2D eigenvalue weighted by Crippen LogP contribution is -2.32. The average Bonchev–Trinajstić information content (AvgIpc) is 2.90. The first-order chi connectivity index (χ1) is 18.4. The number of benzene rings is 4. The van der Waals surface area contributed by atoms with Crippen LogP contribution in [0.5, 0.6) is 11.5 Å². The van der Waals surface area contributed by atoms with Crippen LogP contribution in [0.25, 0.3) is 10.8 Å². The maximum atomic E-state index is 12.8. The summed E-state index contributed by atoms with van der Waals surface area (Å²) in [5, 5.41) is 8.48. The number of rotatable bonds is 7. The number of carbonyl (C=O) groups excluding carboxylic acids is 3. The average molecular weight is 550 g/mol. The molecule has 0 spiro atoms. The molecule has 4 rings (SSSR count). The van der Waals surface area contributed by atoms with E-state index in [2.05, 4.69) is 15.8 Å². The van der Waals surface area contributed by atoms with Gasteiger partial charge in [0.15, 0.2) is 0 Å². The highest BCUT2D eigenvalue weighted by Crippen LogP contribution is 2.29. The van der Waals surface area contributed by atoms with Crippen molar-refractivity contribution in [2.24, 2.45) is 5.10 Å². The Balaban J connectivity index is 1.51. The van der Waals surface area contributed by atoms with Crippen molar-refractivity contribution in [2.75, 3.05) is 11.9 Å². The second-order valence-corrected chi connectivity index (χ2v) is 8.67. The van der Waals surface area contributed by atoms with Gasteiger partial charge in [0.05, 0.1) is 23.4 Å². The van der Waals surface area contributed by atoms with Crippen molar-refractivity contribution in [1.29, 1.82) is 0 Å². The van der Waals surface area contributed by atoms with Crippen molar-refractivity contribution in [1.82, 2.24) is 5.43 Å². The molecule has 10 heteroatoms. The minimum atomic E-state index is -0.984. The topological polar surface area (TPSA) is 106 Å². The first kappa shape index (κ1) is 26.7. The summed E-state index contributed by atoms with van der Waals surface area (Å²) < 4.78 is 11.0. The highest BCUT2D eigenvalue weighted by Gasteiger charge is 2.17. The molecule has 0 unspecified atom stereocenters. The minimum absolute atomic E-state index is 0.131. The number of carbonyl (C=O) groups is 3. The molecule has 192 valence electrons. The Bertz CT molecular complexity index is 1540. The molecule has 2 N–H and O–H groups in total. The molecule has 0 radical (unpaired) electrons. The third kappa shape index (κ3) is 6.47. The van der Waals surface area contributed by atoms with Crippen LogP contribution < -0.4 is 20.2 Å². The highest BCUT2D eigenvalue weighted by atomic mass is 35.5. The van der Waals surface area contributed by atoms with Crippen LogP contribution in [0.2, 0.25) is 10.0 Å². The summed E-state index contributed by atoms with van der Waals surface area (Å²) in [4.78, 5) is 37.4. The minimum Gasteiger partial charge on any atom is -0.494 e. The van der Waals surface area contributed by atoms with Crippen molar-refractivity contribution in [3.8, 4) is 11.5 Å². The molecule has 0 aromatic heterocycles.